The highest BCUT2D eigenvalue weighted by atomic mass is 19.1. The maximum atomic E-state index is 13.8. The second kappa shape index (κ2) is 9.41. The number of nitrogens with zero attached hydrogens (tertiary/aromatic N) is 1. The van der Waals surface area contributed by atoms with Crippen molar-refractivity contribution >= 4 is 17.5 Å². The summed E-state index contributed by atoms with van der Waals surface area (Å²) in [7, 11) is 1.53. The highest BCUT2D eigenvalue weighted by Gasteiger charge is 2.17. The molecule has 0 bridgehead atoms. The van der Waals surface area contributed by atoms with E-state index in [1.165, 1.54) is 24.1 Å². The lowest BCUT2D eigenvalue weighted by Gasteiger charge is -2.20. The summed E-state index contributed by atoms with van der Waals surface area (Å²) in [6, 6.07) is 8.54. The molecule has 0 saturated carbocycles. The molecule has 28 heavy (non-hydrogen) atoms. The minimum absolute atomic E-state index is 0.0782. The number of nitrogens with one attached hydrogen (secondary N) is 2. The van der Waals surface area contributed by atoms with Crippen molar-refractivity contribution in [2.75, 3.05) is 25.5 Å². The molecule has 0 saturated heterocycles. The monoisotopic (exact) mass is 389 g/mol. The lowest BCUT2D eigenvalue weighted by Crippen LogP contribution is -2.40. The number of aryl methyl sites for hydroxylation is 2. The Hall–Kier alpha value is -2.80. The van der Waals surface area contributed by atoms with E-state index in [1.807, 2.05) is 32.0 Å². The summed E-state index contributed by atoms with van der Waals surface area (Å²) in [6.07, 6.45) is 0. The van der Waals surface area contributed by atoms with Gasteiger partial charge in [-0.15, -0.1) is 0 Å². The van der Waals surface area contributed by atoms with E-state index in [-0.39, 0.29) is 30.5 Å². The maximum Gasteiger partial charge on any atom is 0.243 e. The van der Waals surface area contributed by atoms with Gasteiger partial charge in [-0.1, -0.05) is 24.3 Å². The van der Waals surface area contributed by atoms with Gasteiger partial charge < -0.3 is 15.5 Å². The summed E-state index contributed by atoms with van der Waals surface area (Å²) in [5.74, 6) is -1.94. The topological polar surface area (TPSA) is 61.4 Å². The third-order valence-electron chi connectivity index (χ3n) is 4.54. The van der Waals surface area contributed by atoms with Crippen molar-refractivity contribution in [2.45, 2.75) is 26.8 Å². The Labute approximate surface area is 163 Å². The first-order chi connectivity index (χ1) is 13.2. The molecule has 2 N–H and O–H groups in total. The Kier molecular flexibility index (Phi) is 7.23. The second-order valence-electron chi connectivity index (χ2n) is 6.83. The van der Waals surface area contributed by atoms with E-state index in [4.69, 9.17) is 0 Å². The largest absolute Gasteiger partial charge is 0.335 e. The van der Waals surface area contributed by atoms with E-state index in [1.54, 1.807) is 6.92 Å². The number of rotatable bonds is 7. The van der Waals surface area contributed by atoms with Gasteiger partial charge in [-0.3, -0.25) is 9.59 Å². The van der Waals surface area contributed by atoms with Gasteiger partial charge in [0, 0.05) is 30.4 Å². The van der Waals surface area contributed by atoms with Gasteiger partial charge in [0.05, 0.1) is 13.1 Å². The molecule has 1 atom stereocenters. The van der Waals surface area contributed by atoms with Gasteiger partial charge >= 0.3 is 0 Å². The van der Waals surface area contributed by atoms with Gasteiger partial charge in [-0.2, -0.15) is 0 Å². The molecule has 0 heterocycles. The van der Waals surface area contributed by atoms with Crippen LogP contribution in [0.15, 0.2) is 36.4 Å². The number of benzene rings is 2. The van der Waals surface area contributed by atoms with E-state index >= 15 is 0 Å². The van der Waals surface area contributed by atoms with Gasteiger partial charge in [-0.05, 0) is 38.0 Å². The first kappa shape index (κ1) is 21.5. The van der Waals surface area contributed by atoms with Crippen molar-refractivity contribution in [1.82, 2.24) is 10.2 Å². The number of anilines is 1. The molecule has 2 aromatic rings. The normalized spacial score (nSPS) is 11.8. The third kappa shape index (κ3) is 5.60. The van der Waals surface area contributed by atoms with E-state index in [9.17, 15) is 18.4 Å². The summed E-state index contributed by atoms with van der Waals surface area (Å²) >= 11 is 0. The van der Waals surface area contributed by atoms with Crippen molar-refractivity contribution in [3.8, 4) is 0 Å². The quantitative estimate of drug-likeness (QED) is 0.764. The molecule has 5 nitrogen and oxygen atoms in total. The molecule has 0 spiro atoms. The number of carbonyl (C=O) groups excluding carboxylic acids is 2. The molecule has 0 unspecified atom stereocenters. The average molecular weight is 389 g/mol. The third-order valence-corrected chi connectivity index (χ3v) is 4.54. The Morgan fingerprint density at radius 2 is 1.75 bits per heavy atom. The predicted molar refractivity (Wildman–Crippen MR) is 105 cm³/mol. The van der Waals surface area contributed by atoms with Crippen LogP contribution in [0.25, 0.3) is 0 Å². The highest BCUT2D eigenvalue weighted by Crippen LogP contribution is 2.19. The van der Waals surface area contributed by atoms with Crippen molar-refractivity contribution < 1.29 is 18.4 Å². The smallest absolute Gasteiger partial charge is 0.243 e. The SMILES string of the molecule is Cc1cccc(C)c1NC(=O)CN(C)C(=O)CN[C@@H](C)c1ccc(F)cc1F. The lowest BCUT2D eigenvalue weighted by atomic mass is 10.1. The summed E-state index contributed by atoms with van der Waals surface area (Å²) in [5.41, 5.74) is 2.90. The number of carbonyl (C=O) groups is 2. The number of hydrogen-bond acceptors (Lipinski definition) is 3. The Morgan fingerprint density at radius 3 is 2.36 bits per heavy atom. The molecular weight excluding hydrogens is 364 g/mol. The number of para-hydroxylation sites is 1. The molecule has 0 fully saturated rings. The van der Waals surface area contributed by atoms with Gasteiger partial charge in [0.1, 0.15) is 11.6 Å². The van der Waals surface area contributed by atoms with Gasteiger partial charge in [0.2, 0.25) is 11.8 Å². The minimum atomic E-state index is -0.672. The molecule has 7 heteroatoms. The van der Waals surface area contributed by atoms with Crippen LogP contribution >= 0.6 is 0 Å². The molecule has 2 rings (SSSR count). The molecular formula is C21H25F2N3O2. The fraction of sp³-hybridized carbons (Fsp3) is 0.333. The van der Waals surface area contributed by atoms with Crippen LogP contribution in [0.4, 0.5) is 14.5 Å². The first-order valence-corrected chi connectivity index (χ1v) is 8.97. The summed E-state index contributed by atoms with van der Waals surface area (Å²) in [6.45, 7) is 5.30. The molecule has 150 valence electrons. The van der Waals surface area contributed by atoms with Crippen molar-refractivity contribution in [3.05, 3.63) is 64.7 Å². The number of amides is 2. The second-order valence-corrected chi connectivity index (χ2v) is 6.83. The summed E-state index contributed by atoms with van der Waals surface area (Å²) in [4.78, 5) is 25.8. The standard InChI is InChI=1S/C21H25F2N3O2/c1-13-6-5-7-14(2)21(13)25-19(27)12-26(4)20(28)11-24-15(3)17-9-8-16(22)10-18(17)23/h5-10,15,24H,11-12H2,1-4H3,(H,25,27)/t15-/m0/s1. The van der Waals surface area contributed by atoms with Crippen LogP contribution in [-0.2, 0) is 9.59 Å². The fourth-order valence-electron chi connectivity index (χ4n) is 2.83. The average Bonchev–Trinajstić information content (AvgIpc) is 2.62. The van der Waals surface area contributed by atoms with Gasteiger partial charge in [0.25, 0.3) is 0 Å². The van der Waals surface area contributed by atoms with Crippen LogP contribution in [0.2, 0.25) is 0 Å². The molecule has 0 aliphatic carbocycles. The highest BCUT2D eigenvalue weighted by molar-refractivity contribution is 5.95. The molecule has 0 aromatic heterocycles. The zero-order valence-electron chi connectivity index (χ0n) is 16.5. The molecule has 0 radical (unpaired) electrons. The Morgan fingerprint density at radius 1 is 1.11 bits per heavy atom. The maximum absolute atomic E-state index is 13.8. The van der Waals surface area contributed by atoms with E-state index in [0.29, 0.717) is 0 Å². The fourth-order valence-corrected chi connectivity index (χ4v) is 2.83. The van der Waals surface area contributed by atoms with Crippen LogP contribution in [-0.4, -0.2) is 36.9 Å². The van der Waals surface area contributed by atoms with Crippen molar-refractivity contribution in [1.29, 1.82) is 0 Å². The first-order valence-electron chi connectivity index (χ1n) is 8.97. The van der Waals surface area contributed by atoms with E-state index in [2.05, 4.69) is 10.6 Å². The minimum Gasteiger partial charge on any atom is -0.335 e. The van der Waals surface area contributed by atoms with Crippen LogP contribution < -0.4 is 10.6 Å². The van der Waals surface area contributed by atoms with E-state index < -0.39 is 17.7 Å². The van der Waals surface area contributed by atoms with Gasteiger partial charge in [0.15, 0.2) is 0 Å². The van der Waals surface area contributed by atoms with Gasteiger partial charge in [-0.25, -0.2) is 8.78 Å². The van der Waals surface area contributed by atoms with Crippen LogP contribution in [0.1, 0.15) is 29.7 Å². The van der Waals surface area contributed by atoms with Crippen molar-refractivity contribution in [3.63, 3.8) is 0 Å². The van der Waals surface area contributed by atoms with Crippen LogP contribution in [0.5, 0.6) is 0 Å². The van der Waals surface area contributed by atoms with Crippen molar-refractivity contribution in [2.24, 2.45) is 0 Å². The van der Waals surface area contributed by atoms with E-state index in [0.717, 1.165) is 22.9 Å². The zero-order valence-corrected chi connectivity index (χ0v) is 16.5. The molecule has 0 aliphatic rings. The number of hydrogen-bond donors (Lipinski definition) is 2. The molecule has 2 aromatic carbocycles. The molecule has 2 amide bonds. The summed E-state index contributed by atoms with van der Waals surface area (Å²) in [5, 5.41) is 5.73. The molecule has 0 aliphatic heterocycles. The zero-order chi connectivity index (χ0) is 20.8. The number of halogens is 2. The Bertz CT molecular complexity index is 850. The lowest BCUT2D eigenvalue weighted by molar-refractivity contribution is -0.132. The summed E-state index contributed by atoms with van der Waals surface area (Å²) < 4.78 is 26.8. The Balaban J connectivity index is 1.87. The van der Waals surface area contributed by atoms with Crippen LogP contribution in [0, 0.1) is 25.5 Å². The predicted octanol–water partition coefficient (Wildman–Crippen LogP) is 3.33. The number of likely N-dealkylation sites (N-methyl/N-ethyl adjacent to an activating group) is 1. The van der Waals surface area contributed by atoms with Crippen LogP contribution in [0.3, 0.4) is 0 Å².